The Morgan fingerprint density at radius 2 is 1.60 bits per heavy atom. The summed E-state index contributed by atoms with van der Waals surface area (Å²) >= 11 is 0. The third kappa shape index (κ3) is 6.89. The van der Waals surface area contributed by atoms with Gasteiger partial charge in [0, 0.05) is 12.5 Å². The Morgan fingerprint density at radius 3 is 2.20 bits per heavy atom. The molecule has 0 spiro atoms. The van der Waals surface area contributed by atoms with Gasteiger partial charge in [-0.2, -0.15) is 0 Å². The molecular formula is C21H32N2O2. The molecule has 1 saturated carbocycles. The van der Waals surface area contributed by atoms with E-state index in [4.69, 9.17) is 0 Å². The van der Waals surface area contributed by atoms with Crippen LogP contribution in [0.2, 0.25) is 0 Å². The Balaban J connectivity index is 2.05. The van der Waals surface area contributed by atoms with Crippen LogP contribution < -0.4 is 10.6 Å². The van der Waals surface area contributed by atoms with Crippen molar-refractivity contribution in [2.45, 2.75) is 77.3 Å². The molecule has 0 aromatic heterocycles. The van der Waals surface area contributed by atoms with Crippen molar-refractivity contribution in [3.63, 3.8) is 0 Å². The lowest BCUT2D eigenvalue weighted by molar-refractivity contribution is -0.130. The molecule has 0 bridgehead atoms. The monoisotopic (exact) mass is 344 g/mol. The van der Waals surface area contributed by atoms with Crippen LogP contribution in [0.5, 0.6) is 0 Å². The fourth-order valence-electron chi connectivity index (χ4n) is 3.42. The van der Waals surface area contributed by atoms with E-state index in [0.717, 1.165) is 18.4 Å². The van der Waals surface area contributed by atoms with Crippen molar-refractivity contribution >= 4 is 11.8 Å². The zero-order valence-corrected chi connectivity index (χ0v) is 15.6. The van der Waals surface area contributed by atoms with Gasteiger partial charge in [-0.3, -0.25) is 9.59 Å². The smallest absolute Gasteiger partial charge is 0.247 e. The van der Waals surface area contributed by atoms with E-state index >= 15 is 0 Å². The first-order valence-corrected chi connectivity index (χ1v) is 9.71. The van der Waals surface area contributed by atoms with Gasteiger partial charge in [-0.1, -0.05) is 76.3 Å². The van der Waals surface area contributed by atoms with Crippen LogP contribution in [0.25, 0.3) is 0 Å². The molecular weight excluding hydrogens is 312 g/mol. The largest absolute Gasteiger partial charge is 0.351 e. The van der Waals surface area contributed by atoms with Crippen LogP contribution in [0.3, 0.4) is 0 Å². The van der Waals surface area contributed by atoms with Crippen LogP contribution in [0, 0.1) is 5.92 Å². The van der Waals surface area contributed by atoms with E-state index in [-0.39, 0.29) is 23.8 Å². The standard InChI is InChI=1S/C21H32N2O2/c1-16(2)15-19(24)23-20(17-11-7-6-8-12-17)21(25)22-18-13-9-4-3-5-10-14-18/h6-8,11-12,16,18,20H,3-5,9-10,13-15H2,1-2H3,(H,22,25)(H,23,24). The Morgan fingerprint density at radius 1 is 1.00 bits per heavy atom. The van der Waals surface area contributed by atoms with Gasteiger partial charge in [0.15, 0.2) is 0 Å². The fourth-order valence-corrected chi connectivity index (χ4v) is 3.42. The van der Waals surface area contributed by atoms with Gasteiger partial charge >= 0.3 is 0 Å². The van der Waals surface area contributed by atoms with Crippen molar-refractivity contribution in [3.8, 4) is 0 Å². The zero-order chi connectivity index (χ0) is 18.1. The third-order valence-electron chi connectivity index (χ3n) is 4.75. The molecule has 1 aliphatic rings. The summed E-state index contributed by atoms with van der Waals surface area (Å²) in [6, 6.07) is 9.14. The van der Waals surface area contributed by atoms with Crippen molar-refractivity contribution in [1.82, 2.24) is 10.6 Å². The average molecular weight is 344 g/mol. The molecule has 0 saturated heterocycles. The van der Waals surface area contributed by atoms with Crippen molar-refractivity contribution < 1.29 is 9.59 Å². The minimum absolute atomic E-state index is 0.0725. The number of benzene rings is 1. The number of amides is 2. The first-order valence-electron chi connectivity index (χ1n) is 9.71. The molecule has 138 valence electrons. The Kier molecular flexibility index (Phi) is 7.96. The summed E-state index contributed by atoms with van der Waals surface area (Å²) in [5.41, 5.74) is 0.836. The van der Waals surface area contributed by atoms with Crippen LogP contribution in [-0.4, -0.2) is 17.9 Å². The number of hydrogen-bond acceptors (Lipinski definition) is 2. The molecule has 25 heavy (non-hydrogen) atoms. The second kappa shape index (κ2) is 10.2. The fraction of sp³-hybridized carbons (Fsp3) is 0.619. The average Bonchev–Trinajstić information content (AvgIpc) is 2.55. The minimum Gasteiger partial charge on any atom is -0.351 e. The van der Waals surface area contributed by atoms with E-state index in [1.54, 1.807) is 0 Å². The van der Waals surface area contributed by atoms with Gasteiger partial charge in [-0.15, -0.1) is 0 Å². The lowest BCUT2D eigenvalue weighted by Crippen LogP contribution is -2.44. The highest BCUT2D eigenvalue weighted by molar-refractivity contribution is 5.88. The molecule has 1 aliphatic carbocycles. The van der Waals surface area contributed by atoms with E-state index in [1.807, 2.05) is 44.2 Å². The highest BCUT2D eigenvalue weighted by Crippen LogP contribution is 2.19. The molecule has 2 N–H and O–H groups in total. The zero-order valence-electron chi connectivity index (χ0n) is 15.6. The quantitative estimate of drug-likeness (QED) is 0.815. The predicted octanol–water partition coefficient (Wildman–Crippen LogP) is 4.12. The van der Waals surface area contributed by atoms with Gasteiger partial charge in [0.05, 0.1) is 0 Å². The highest BCUT2D eigenvalue weighted by atomic mass is 16.2. The molecule has 1 unspecified atom stereocenters. The number of carbonyl (C=O) groups is 2. The Labute approximate surface area is 151 Å². The lowest BCUT2D eigenvalue weighted by Gasteiger charge is -2.25. The number of hydrogen-bond donors (Lipinski definition) is 2. The van der Waals surface area contributed by atoms with Gasteiger partial charge in [0.25, 0.3) is 0 Å². The molecule has 2 rings (SSSR count). The van der Waals surface area contributed by atoms with Crippen LogP contribution in [0.4, 0.5) is 0 Å². The van der Waals surface area contributed by atoms with E-state index in [0.29, 0.717) is 6.42 Å². The van der Waals surface area contributed by atoms with Gasteiger partial charge in [0.2, 0.25) is 11.8 Å². The van der Waals surface area contributed by atoms with E-state index < -0.39 is 6.04 Å². The van der Waals surface area contributed by atoms with E-state index in [1.165, 1.54) is 32.1 Å². The van der Waals surface area contributed by atoms with Crippen LogP contribution >= 0.6 is 0 Å². The first-order chi connectivity index (χ1) is 12.1. The van der Waals surface area contributed by atoms with Crippen molar-refractivity contribution in [2.75, 3.05) is 0 Å². The summed E-state index contributed by atoms with van der Waals surface area (Å²) in [7, 11) is 0. The van der Waals surface area contributed by atoms with Gasteiger partial charge in [-0.25, -0.2) is 0 Å². The number of rotatable bonds is 6. The van der Waals surface area contributed by atoms with E-state index in [9.17, 15) is 9.59 Å². The Hall–Kier alpha value is -1.84. The number of nitrogens with one attached hydrogen (secondary N) is 2. The molecule has 1 aromatic carbocycles. The van der Waals surface area contributed by atoms with Crippen LogP contribution in [0.15, 0.2) is 30.3 Å². The second-order valence-electron chi connectivity index (χ2n) is 7.56. The molecule has 4 heteroatoms. The maximum Gasteiger partial charge on any atom is 0.247 e. The molecule has 0 aliphatic heterocycles. The van der Waals surface area contributed by atoms with Crippen molar-refractivity contribution in [2.24, 2.45) is 5.92 Å². The summed E-state index contributed by atoms with van der Waals surface area (Å²) in [5, 5.41) is 6.12. The Bertz CT molecular complexity index is 534. The lowest BCUT2D eigenvalue weighted by atomic mass is 9.96. The second-order valence-corrected chi connectivity index (χ2v) is 7.56. The first kappa shape index (κ1) is 19.5. The summed E-state index contributed by atoms with van der Waals surface area (Å²) in [6.07, 6.45) is 8.64. The minimum atomic E-state index is -0.613. The molecule has 1 aromatic rings. The topological polar surface area (TPSA) is 58.2 Å². The van der Waals surface area contributed by atoms with Crippen LogP contribution in [-0.2, 0) is 9.59 Å². The van der Waals surface area contributed by atoms with Gasteiger partial charge in [0.1, 0.15) is 6.04 Å². The highest BCUT2D eigenvalue weighted by Gasteiger charge is 2.25. The molecule has 1 fully saturated rings. The number of carbonyl (C=O) groups excluding carboxylic acids is 2. The summed E-state index contributed by atoms with van der Waals surface area (Å²) in [4.78, 5) is 25.1. The van der Waals surface area contributed by atoms with Gasteiger partial charge in [-0.05, 0) is 24.3 Å². The van der Waals surface area contributed by atoms with Crippen LogP contribution in [0.1, 0.15) is 76.8 Å². The maximum atomic E-state index is 12.9. The maximum absolute atomic E-state index is 12.9. The molecule has 2 amide bonds. The molecule has 1 atom stereocenters. The van der Waals surface area contributed by atoms with Gasteiger partial charge < -0.3 is 10.6 Å². The SMILES string of the molecule is CC(C)CC(=O)NC(C(=O)NC1CCCCCCC1)c1ccccc1. The summed E-state index contributed by atoms with van der Waals surface area (Å²) < 4.78 is 0. The predicted molar refractivity (Wildman–Crippen MR) is 101 cm³/mol. The summed E-state index contributed by atoms with van der Waals surface area (Å²) in [6.45, 7) is 4.01. The van der Waals surface area contributed by atoms with Crippen molar-refractivity contribution in [3.05, 3.63) is 35.9 Å². The summed E-state index contributed by atoms with van der Waals surface area (Å²) in [5.74, 6) is 0.107. The van der Waals surface area contributed by atoms with E-state index in [2.05, 4.69) is 10.6 Å². The molecule has 0 radical (unpaired) electrons. The normalized spacial score (nSPS) is 17.4. The van der Waals surface area contributed by atoms with Crippen molar-refractivity contribution in [1.29, 1.82) is 0 Å². The molecule has 4 nitrogen and oxygen atoms in total. The third-order valence-corrected chi connectivity index (χ3v) is 4.75. The molecule has 0 heterocycles.